The largest absolute Gasteiger partial charge is 0.377 e. The van der Waals surface area contributed by atoms with Gasteiger partial charge >= 0.3 is 10.1 Å². The lowest BCUT2D eigenvalue weighted by Crippen LogP contribution is -2.22. The molecule has 0 N–H and O–H groups in total. The zero-order valence-corrected chi connectivity index (χ0v) is 17.8. The molecule has 0 fully saturated rings. The van der Waals surface area contributed by atoms with Crippen LogP contribution in [0.3, 0.4) is 0 Å². The number of benzene rings is 3. The van der Waals surface area contributed by atoms with Crippen LogP contribution in [0.5, 0.6) is 5.75 Å². The fraction of sp³-hybridized carbons (Fsp3) is 0.0455. The van der Waals surface area contributed by atoms with Crippen molar-refractivity contribution in [2.24, 2.45) is 7.05 Å². The number of hydrogen-bond acceptors (Lipinski definition) is 4. The smallest absolute Gasteiger partial charge is 0.339 e. The summed E-state index contributed by atoms with van der Waals surface area (Å²) in [6.45, 7) is 0. The molecule has 7 heteroatoms. The molecule has 0 atom stereocenters. The summed E-state index contributed by atoms with van der Waals surface area (Å²) in [7, 11) is -2.49. The van der Waals surface area contributed by atoms with Crippen LogP contribution in [0.2, 0.25) is 0 Å². The number of rotatable bonds is 4. The van der Waals surface area contributed by atoms with Gasteiger partial charge < -0.3 is 8.75 Å². The van der Waals surface area contributed by atoms with Crippen molar-refractivity contribution in [3.05, 3.63) is 93.7 Å². The Hall–Kier alpha value is -2.90. The van der Waals surface area contributed by atoms with Crippen molar-refractivity contribution in [2.75, 3.05) is 0 Å². The van der Waals surface area contributed by atoms with Gasteiger partial charge in [0.15, 0.2) is 5.75 Å². The SMILES string of the molecule is Cn1c(=O)c(-c2ccccc2)c(OS(=O)(=O)c2ccc(Br)cc2)c2ccccc21. The maximum atomic E-state index is 13.2. The molecule has 4 rings (SSSR count). The van der Waals surface area contributed by atoms with Crippen molar-refractivity contribution >= 4 is 37.0 Å². The van der Waals surface area contributed by atoms with Crippen LogP contribution in [0.1, 0.15) is 0 Å². The minimum Gasteiger partial charge on any atom is -0.377 e. The second kappa shape index (κ2) is 7.50. The fourth-order valence-electron chi connectivity index (χ4n) is 3.17. The Morgan fingerprint density at radius 3 is 2.17 bits per heavy atom. The zero-order valence-electron chi connectivity index (χ0n) is 15.4. The van der Waals surface area contributed by atoms with Crippen molar-refractivity contribution in [1.29, 1.82) is 0 Å². The topological polar surface area (TPSA) is 65.4 Å². The lowest BCUT2D eigenvalue weighted by atomic mass is 10.0. The third-order valence-corrected chi connectivity index (χ3v) is 6.38. The van der Waals surface area contributed by atoms with E-state index in [9.17, 15) is 13.2 Å². The average Bonchev–Trinajstić information content (AvgIpc) is 2.73. The van der Waals surface area contributed by atoms with Crippen LogP contribution < -0.4 is 9.74 Å². The van der Waals surface area contributed by atoms with E-state index in [2.05, 4.69) is 15.9 Å². The van der Waals surface area contributed by atoms with Gasteiger partial charge in [-0.1, -0.05) is 58.4 Å². The molecule has 0 radical (unpaired) electrons. The summed E-state index contributed by atoms with van der Waals surface area (Å²) in [5.41, 5.74) is 1.03. The Bertz CT molecular complexity index is 1360. The monoisotopic (exact) mass is 469 g/mol. The summed E-state index contributed by atoms with van der Waals surface area (Å²) >= 11 is 3.29. The van der Waals surface area contributed by atoms with E-state index in [1.807, 2.05) is 6.07 Å². The molecule has 0 unspecified atom stereocenters. The lowest BCUT2D eigenvalue weighted by molar-refractivity contribution is 0.488. The van der Waals surface area contributed by atoms with Gasteiger partial charge in [-0.05, 0) is 42.0 Å². The molecule has 5 nitrogen and oxygen atoms in total. The van der Waals surface area contributed by atoms with Crippen LogP contribution in [0, 0.1) is 0 Å². The molecule has 4 aromatic rings. The maximum Gasteiger partial charge on any atom is 0.339 e. The van der Waals surface area contributed by atoms with Crippen molar-refractivity contribution in [1.82, 2.24) is 4.57 Å². The highest BCUT2D eigenvalue weighted by Crippen LogP contribution is 2.36. The van der Waals surface area contributed by atoms with Gasteiger partial charge in [0.2, 0.25) is 0 Å². The van der Waals surface area contributed by atoms with Gasteiger partial charge in [0.25, 0.3) is 5.56 Å². The van der Waals surface area contributed by atoms with Crippen molar-refractivity contribution in [2.45, 2.75) is 4.90 Å². The number of para-hydroxylation sites is 1. The average molecular weight is 470 g/mol. The van der Waals surface area contributed by atoms with Crippen molar-refractivity contribution < 1.29 is 12.6 Å². The summed E-state index contributed by atoms with van der Waals surface area (Å²) in [6.07, 6.45) is 0. The summed E-state index contributed by atoms with van der Waals surface area (Å²) in [4.78, 5) is 13.2. The highest BCUT2D eigenvalue weighted by atomic mass is 79.9. The number of halogens is 1. The van der Waals surface area contributed by atoms with E-state index in [0.717, 1.165) is 4.47 Å². The minimum absolute atomic E-state index is 0.00414. The van der Waals surface area contributed by atoms with Crippen molar-refractivity contribution in [3.63, 3.8) is 0 Å². The van der Waals surface area contributed by atoms with E-state index >= 15 is 0 Å². The second-order valence-corrected chi connectivity index (χ2v) is 8.90. The van der Waals surface area contributed by atoms with Gasteiger partial charge in [-0.15, -0.1) is 0 Å². The normalized spacial score (nSPS) is 11.5. The molecule has 146 valence electrons. The van der Waals surface area contributed by atoms with Crippen molar-refractivity contribution in [3.8, 4) is 16.9 Å². The first-order valence-electron chi connectivity index (χ1n) is 8.76. The van der Waals surface area contributed by atoms with E-state index in [1.165, 1.54) is 16.7 Å². The van der Waals surface area contributed by atoms with E-state index in [1.54, 1.807) is 67.7 Å². The first-order chi connectivity index (χ1) is 13.9. The molecule has 0 saturated carbocycles. The van der Waals surface area contributed by atoms with Crippen LogP contribution in [0.4, 0.5) is 0 Å². The third kappa shape index (κ3) is 3.59. The van der Waals surface area contributed by atoms with Gasteiger partial charge in [0.05, 0.1) is 11.1 Å². The highest BCUT2D eigenvalue weighted by Gasteiger charge is 2.24. The summed E-state index contributed by atoms with van der Waals surface area (Å²) in [6, 6.07) is 22.1. The highest BCUT2D eigenvalue weighted by molar-refractivity contribution is 9.10. The molecule has 1 heterocycles. The van der Waals surface area contributed by atoms with Crippen LogP contribution in [0.25, 0.3) is 22.0 Å². The Kier molecular flexibility index (Phi) is 5.02. The van der Waals surface area contributed by atoms with Crippen LogP contribution >= 0.6 is 15.9 Å². The van der Waals surface area contributed by atoms with Crippen LogP contribution in [-0.4, -0.2) is 13.0 Å². The summed E-state index contributed by atoms with van der Waals surface area (Å²) in [5.74, 6) is 0.0258. The third-order valence-electron chi connectivity index (χ3n) is 4.61. The molecule has 0 aliphatic carbocycles. The van der Waals surface area contributed by atoms with E-state index in [-0.39, 0.29) is 21.8 Å². The Morgan fingerprint density at radius 2 is 1.48 bits per heavy atom. The molecule has 3 aromatic carbocycles. The Balaban J connectivity index is 2.01. The van der Waals surface area contributed by atoms with Crippen LogP contribution in [-0.2, 0) is 17.2 Å². The predicted octanol–water partition coefficient (Wildman–Crippen LogP) is 4.74. The van der Waals surface area contributed by atoms with Gasteiger partial charge in [-0.2, -0.15) is 8.42 Å². The standard InChI is InChI=1S/C22H16BrNO4S/c1-24-19-10-6-5-9-18(19)21(20(22(24)25)15-7-3-2-4-8-15)28-29(26,27)17-13-11-16(23)12-14-17/h2-14H,1H3. The van der Waals surface area contributed by atoms with Gasteiger partial charge in [0, 0.05) is 16.9 Å². The number of nitrogens with zero attached hydrogens (tertiary/aromatic N) is 1. The molecular weight excluding hydrogens is 454 g/mol. The molecule has 0 amide bonds. The first-order valence-corrected chi connectivity index (χ1v) is 11.0. The number of fused-ring (bicyclic) bond motifs is 1. The fourth-order valence-corrected chi connectivity index (χ4v) is 4.39. The quantitative estimate of drug-likeness (QED) is 0.405. The van der Waals surface area contributed by atoms with E-state index < -0.39 is 10.1 Å². The molecular formula is C22H16BrNO4S. The number of aromatic nitrogens is 1. The molecule has 0 saturated heterocycles. The summed E-state index contributed by atoms with van der Waals surface area (Å²) in [5, 5.41) is 0.536. The molecule has 0 bridgehead atoms. The predicted molar refractivity (Wildman–Crippen MR) is 117 cm³/mol. The molecule has 0 aliphatic heterocycles. The number of hydrogen-bond donors (Lipinski definition) is 0. The lowest BCUT2D eigenvalue weighted by Gasteiger charge is -2.16. The number of pyridine rings is 1. The molecule has 1 aromatic heterocycles. The Labute approximate surface area is 176 Å². The minimum atomic E-state index is -4.15. The Morgan fingerprint density at radius 1 is 0.862 bits per heavy atom. The van der Waals surface area contributed by atoms with Gasteiger partial charge in [-0.3, -0.25) is 4.79 Å². The number of aryl methyl sites for hydroxylation is 1. The van der Waals surface area contributed by atoms with E-state index in [0.29, 0.717) is 16.5 Å². The first kappa shape index (κ1) is 19.4. The molecule has 0 spiro atoms. The van der Waals surface area contributed by atoms with Gasteiger partial charge in [-0.25, -0.2) is 0 Å². The summed E-state index contributed by atoms with van der Waals surface area (Å²) < 4.78 is 33.8. The zero-order chi connectivity index (χ0) is 20.6. The molecule has 29 heavy (non-hydrogen) atoms. The van der Waals surface area contributed by atoms with E-state index in [4.69, 9.17) is 4.18 Å². The van der Waals surface area contributed by atoms with Crippen LogP contribution in [0.15, 0.2) is 93.0 Å². The second-order valence-electron chi connectivity index (χ2n) is 6.44. The molecule has 0 aliphatic rings. The van der Waals surface area contributed by atoms with Gasteiger partial charge in [0.1, 0.15) is 4.90 Å². The maximum absolute atomic E-state index is 13.2.